The molecule has 1 atom stereocenters. The van der Waals surface area contributed by atoms with Gasteiger partial charge in [0.15, 0.2) is 11.9 Å². The quantitative estimate of drug-likeness (QED) is 0.738. The summed E-state index contributed by atoms with van der Waals surface area (Å²) in [5.74, 6) is -1.33. The van der Waals surface area contributed by atoms with Gasteiger partial charge in [0.05, 0.1) is 0 Å². The van der Waals surface area contributed by atoms with Gasteiger partial charge in [0.25, 0.3) is 12.4 Å². The molecule has 1 heterocycles. The minimum absolute atomic E-state index is 0.0560. The average Bonchev–Trinajstić information content (AvgIpc) is 2.09. The number of hydrogen-bond acceptors (Lipinski definition) is 2. The minimum Gasteiger partial charge on any atom is -0.480 e. The van der Waals surface area contributed by atoms with Crippen LogP contribution >= 0.6 is 11.6 Å². The Balaban J connectivity index is 2.77. The highest BCUT2D eigenvalue weighted by Gasteiger charge is 2.18. The second-order valence-corrected chi connectivity index (χ2v) is 2.97. The van der Waals surface area contributed by atoms with Gasteiger partial charge in [-0.1, -0.05) is 11.6 Å². The van der Waals surface area contributed by atoms with Crippen LogP contribution in [0.3, 0.4) is 0 Å². The number of hydrogen-bond donors (Lipinski definition) is 0. The summed E-state index contributed by atoms with van der Waals surface area (Å²) in [4.78, 5) is 3.21. The Morgan fingerprint density at radius 2 is 2.07 bits per heavy atom. The number of aromatic nitrogens is 1. The van der Waals surface area contributed by atoms with E-state index in [1.54, 1.807) is 0 Å². The Morgan fingerprint density at radius 1 is 1.43 bits per heavy atom. The van der Waals surface area contributed by atoms with E-state index in [-0.39, 0.29) is 10.9 Å². The van der Waals surface area contributed by atoms with E-state index in [0.29, 0.717) is 0 Å². The lowest BCUT2D eigenvalue weighted by molar-refractivity contribution is 0.0202. The first-order valence-corrected chi connectivity index (χ1v) is 4.15. The zero-order valence-electron chi connectivity index (χ0n) is 7.18. The molecule has 0 aromatic carbocycles. The van der Waals surface area contributed by atoms with Gasteiger partial charge in [0.1, 0.15) is 5.15 Å². The molecule has 0 aliphatic carbocycles. The van der Waals surface area contributed by atoms with Crippen LogP contribution in [0.4, 0.5) is 13.2 Å². The molecule has 1 aromatic rings. The molecule has 0 aliphatic heterocycles. The molecule has 1 aromatic heterocycles. The summed E-state index contributed by atoms with van der Waals surface area (Å²) >= 11 is 5.36. The fourth-order valence-corrected chi connectivity index (χ4v) is 0.876. The summed E-state index contributed by atoms with van der Waals surface area (Å²) in [6, 6.07) is 2.42. The maximum atomic E-state index is 12.9. The lowest BCUT2D eigenvalue weighted by Gasteiger charge is -2.13. The zero-order valence-corrected chi connectivity index (χ0v) is 7.93. The molecular weight excluding hydrogens is 219 g/mol. The van der Waals surface area contributed by atoms with Gasteiger partial charge in [-0.15, -0.1) is 0 Å². The fraction of sp³-hybridized carbons (Fsp3) is 0.375. The van der Waals surface area contributed by atoms with Crippen LogP contribution in [0.5, 0.6) is 5.75 Å². The van der Waals surface area contributed by atoms with E-state index < -0.39 is 18.5 Å². The Morgan fingerprint density at radius 3 is 2.57 bits per heavy atom. The lowest BCUT2D eigenvalue weighted by Crippen LogP contribution is -2.21. The Bertz CT molecular complexity index is 321. The first-order chi connectivity index (χ1) is 6.50. The van der Waals surface area contributed by atoms with E-state index in [1.807, 2.05) is 0 Å². The summed E-state index contributed by atoms with van der Waals surface area (Å²) in [6.45, 7) is 1.14. The highest BCUT2D eigenvalue weighted by molar-refractivity contribution is 6.29. The van der Waals surface area contributed by atoms with Crippen molar-refractivity contribution in [1.29, 1.82) is 0 Å². The predicted octanol–water partition coefficient (Wildman–Crippen LogP) is 2.91. The molecule has 6 heteroatoms. The number of nitrogens with zero attached hydrogens (tertiary/aromatic N) is 1. The first kappa shape index (κ1) is 11.1. The molecule has 2 nitrogen and oxygen atoms in total. The molecule has 0 bridgehead atoms. The van der Waals surface area contributed by atoms with E-state index in [9.17, 15) is 13.2 Å². The summed E-state index contributed by atoms with van der Waals surface area (Å²) in [5, 5.41) is -0.0560. The monoisotopic (exact) mass is 225 g/mol. The summed E-state index contributed by atoms with van der Waals surface area (Å²) in [7, 11) is 0. The van der Waals surface area contributed by atoms with E-state index in [2.05, 4.69) is 9.72 Å². The second kappa shape index (κ2) is 4.50. The van der Waals surface area contributed by atoms with Gasteiger partial charge in [0, 0.05) is 0 Å². The molecule has 0 N–H and O–H groups in total. The van der Waals surface area contributed by atoms with Crippen molar-refractivity contribution in [3.05, 3.63) is 23.2 Å². The van der Waals surface area contributed by atoms with Crippen LogP contribution in [0, 0.1) is 5.95 Å². The maximum Gasteiger partial charge on any atom is 0.274 e. The third kappa shape index (κ3) is 2.77. The summed E-state index contributed by atoms with van der Waals surface area (Å²) in [5.41, 5.74) is 0. The molecule has 0 amide bonds. The molecule has 78 valence electrons. The van der Waals surface area contributed by atoms with Crippen molar-refractivity contribution in [2.45, 2.75) is 19.5 Å². The maximum absolute atomic E-state index is 12.9. The average molecular weight is 226 g/mol. The van der Waals surface area contributed by atoms with Crippen molar-refractivity contribution in [2.24, 2.45) is 0 Å². The highest BCUT2D eigenvalue weighted by Crippen LogP contribution is 2.20. The largest absolute Gasteiger partial charge is 0.480 e. The van der Waals surface area contributed by atoms with Crippen LogP contribution < -0.4 is 4.74 Å². The van der Waals surface area contributed by atoms with Crippen LogP contribution in [0.1, 0.15) is 6.92 Å². The normalized spacial score (nSPS) is 13.0. The van der Waals surface area contributed by atoms with Gasteiger partial charge in [-0.05, 0) is 19.1 Å². The number of rotatable bonds is 3. The Labute approximate surface area is 83.7 Å². The third-order valence-electron chi connectivity index (χ3n) is 1.45. The smallest absolute Gasteiger partial charge is 0.274 e. The van der Waals surface area contributed by atoms with Crippen molar-refractivity contribution >= 4 is 11.6 Å². The van der Waals surface area contributed by atoms with E-state index in [1.165, 1.54) is 6.07 Å². The standard InChI is InChI=1S/C8H7ClF3NO/c1-4(7(10)11)14-5-2-3-6(9)13-8(5)12/h2-4,7H,1H3. The van der Waals surface area contributed by atoms with Gasteiger partial charge in [0.2, 0.25) is 0 Å². The molecule has 0 spiro atoms. The minimum atomic E-state index is -2.68. The fourth-order valence-electron chi connectivity index (χ4n) is 0.739. The van der Waals surface area contributed by atoms with Crippen molar-refractivity contribution in [3.8, 4) is 5.75 Å². The van der Waals surface area contributed by atoms with Crippen LogP contribution in [-0.2, 0) is 0 Å². The van der Waals surface area contributed by atoms with Crippen LogP contribution in [0.25, 0.3) is 0 Å². The second-order valence-electron chi connectivity index (χ2n) is 2.58. The third-order valence-corrected chi connectivity index (χ3v) is 1.66. The molecular formula is C8H7ClF3NO. The zero-order chi connectivity index (χ0) is 10.7. The topological polar surface area (TPSA) is 22.1 Å². The Kier molecular flexibility index (Phi) is 3.57. The molecule has 0 saturated carbocycles. The number of ether oxygens (including phenoxy) is 1. The number of alkyl halides is 2. The first-order valence-electron chi connectivity index (χ1n) is 3.77. The van der Waals surface area contributed by atoms with E-state index >= 15 is 0 Å². The van der Waals surface area contributed by atoms with Crippen molar-refractivity contribution in [1.82, 2.24) is 4.98 Å². The van der Waals surface area contributed by atoms with Gasteiger partial charge in [-0.25, -0.2) is 13.8 Å². The number of halogens is 4. The van der Waals surface area contributed by atoms with Crippen molar-refractivity contribution in [3.63, 3.8) is 0 Å². The van der Waals surface area contributed by atoms with Gasteiger partial charge in [-0.2, -0.15) is 4.39 Å². The number of pyridine rings is 1. The van der Waals surface area contributed by atoms with Crippen LogP contribution in [0.15, 0.2) is 12.1 Å². The molecule has 1 rings (SSSR count). The molecule has 0 saturated heterocycles. The van der Waals surface area contributed by atoms with Crippen molar-refractivity contribution < 1.29 is 17.9 Å². The molecule has 0 aliphatic rings. The van der Waals surface area contributed by atoms with E-state index in [4.69, 9.17) is 11.6 Å². The molecule has 1 unspecified atom stereocenters. The SMILES string of the molecule is CC(Oc1ccc(Cl)nc1F)C(F)F. The van der Waals surface area contributed by atoms with Crippen molar-refractivity contribution in [2.75, 3.05) is 0 Å². The molecule has 0 fully saturated rings. The van der Waals surface area contributed by atoms with E-state index in [0.717, 1.165) is 13.0 Å². The summed E-state index contributed by atoms with van der Waals surface area (Å²) in [6.07, 6.45) is -4.06. The molecule has 14 heavy (non-hydrogen) atoms. The van der Waals surface area contributed by atoms with Gasteiger partial charge >= 0.3 is 0 Å². The molecule has 0 radical (unpaired) electrons. The Hall–Kier alpha value is -0.970. The summed E-state index contributed by atoms with van der Waals surface area (Å²) < 4.78 is 41.6. The lowest BCUT2D eigenvalue weighted by atomic mass is 10.4. The van der Waals surface area contributed by atoms with Crippen LogP contribution in [-0.4, -0.2) is 17.5 Å². The van der Waals surface area contributed by atoms with Gasteiger partial charge in [-0.3, -0.25) is 0 Å². The predicted molar refractivity (Wildman–Crippen MR) is 45.3 cm³/mol. The highest BCUT2D eigenvalue weighted by atomic mass is 35.5. The van der Waals surface area contributed by atoms with Gasteiger partial charge < -0.3 is 4.74 Å². The van der Waals surface area contributed by atoms with Crippen LogP contribution in [0.2, 0.25) is 5.15 Å².